The van der Waals surface area contributed by atoms with E-state index in [-0.39, 0.29) is 25.2 Å². The van der Waals surface area contributed by atoms with E-state index in [9.17, 15) is 18.0 Å². The highest BCUT2D eigenvalue weighted by Crippen LogP contribution is 2.25. The molecule has 0 radical (unpaired) electrons. The topological polar surface area (TPSA) is 38.8 Å². The van der Waals surface area contributed by atoms with E-state index in [1.54, 1.807) is 4.90 Å². The average molecular weight is 324 g/mol. The van der Waals surface area contributed by atoms with Crippen molar-refractivity contribution in [3.05, 3.63) is 0 Å². The van der Waals surface area contributed by atoms with Crippen molar-refractivity contribution >= 4 is 6.03 Å². The van der Waals surface area contributed by atoms with E-state index < -0.39 is 12.2 Å². The molecule has 1 rings (SSSR count). The van der Waals surface area contributed by atoms with E-state index in [2.05, 4.69) is 5.32 Å². The molecule has 5 nitrogen and oxygen atoms in total. The summed E-state index contributed by atoms with van der Waals surface area (Å²) in [4.78, 5) is 17.1. The molecule has 1 fully saturated rings. The summed E-state index contributed by atoms with van der Waals surface area (Å²) in [5, 5.41) is 2.90. The molecule has 2 atom stereocenters. The fourth-order valence-corrected chi connectivity index (χ4v) is 2.35. The SMILES string of the molecule is CC(CCN(C)C)NC(=O)N1CCN(C(C)C(F)(F)F)CC1. The summed E-state index contributed by atoms with van der Waals surface area (Å²) in [6.07, 6.45) is -3.38. The number of halogens is 3. The van der Waals surface area contributed by atoms with Crippen LogP contribution in [0.4, 0.5) is 18.0 Å². The standard InChI is InChI=1S/C14H27F3N4O/c1-11(5-6-19(3)4)18-13(22)21-9-7-20(8-10-21)12(2)14(15,16)17/h11-12H,5-10H2,1-4H3,(H,18,22). The molecular formula is C14H27F3N4O. The van der Waals surface area contributed by atoms with Crippen molar-refractivity contribution in [2.75, 3.05) is 46.8 Å². The molecule has 8 heteroatoms. The van der Waals surface area contributed by atoms with Gasteiger partial charge in [-0.15, -0.1) is 0 Å². The van der Waals surface area contributed by atoms with Crippen LogP contribution >= 0.6 is 0 Å². The molecule has 22 heavy (non-hydrogen) atoms. The lowest BCUT2D eigenvalue weighted by atomic mass is 10.2. The van der Waals surface area contributed by atoms with Gasteiger partial charge < -0.3 is 15.1 Å². The molecule has 0 aromatic heterocycles. The molecule has 1 aliphatic rings. The van der Waals surface area contributed by atoms with Crippen molar-refractivity contribution in [1.82, 2.24) is 20.0 Å². The quantitative estimate of drug-likeness (QED) is 0.835. The Hall–Kier alpha value is -1.02. The van der Waals surface area contributed by atoms with Gasteiger partial charge in [0.05, 0.1) is 0 Å². The monoisotopic (exact) mass is 324 g/mol. The molecule has 2 unspecified atom stereocenters. The number of nitrogens with zero attached hydrogens (tertiary/aromatic N) is 3. The molecule has 0 saturated carbocycles. The number of amides is 2. The van der Waals surface area contributed by atoms with Crippen LogP contribution in [0.25, 0.3) is 0 Å². The minimum Gasteiger partial charge on any atom is -0.335 e. The second kappa shape index (κ2) is 8.01. The summed E-state index contributed by atoms with van der Waals surface area (Å²) in [6, 6.07) is -1.61. The molecule has 1 saturated heterocycles. The minimum atomic E-state index is -4.22. The van der Waals surface area contributed by atoms with Crippen LogP contribution in [0.2, 0.25) is 0 Å². The number of carbonyl (C=O) groups excluding carboxylic acids is 1. The maximum Gasteiger partial charge on any atom is 0.403 e. The second-order valence-electron chi connectivity index (χ2n) is 6.18. The largest absolute Gasteiger partial charge is 0.403 e. The zero-order valence-electron chi connectivity index (χ0n) is 13.8. The third-order valence-electron chi connectivity index (χ3n) is 4.00. The Bertz CT molecular complexity index is 354. The van der Waals surface area contributed by atoms with E-state index in [0.29, 0.717) is 13.1 Å². The Morgan fingerprint density at radius 1 is 1.18 bits per heavy atom. The fourth-order valence-electron chi connectivity index (χ4n) is 2.35. The third kappa shape index (κ3) is 6.00. The van der Waals surface area contributed by atoms with Crippen molar-refractivity contribution in [2.45, 2.75) is 38.5 Å². The van der Waals surface area contributed by atoms with Crippen LogP contribution in [0.5, 0.6) is 0 Å². The molecule has 130 valence electrons. The highest BCUT2D eigenvalue weighted by molar-refractivity contribution is 5.74. The van der Waals surface area contributed by atoms with E-state index >= 15 is 0 Å². The van der Waals surface area contributed by atoms with Gasteiger partial charge in [0, 0.05) is 32.2 Å². The molecule has 0 spiro atoms. The number of rotatable bonds is 5. The van der Waals surface area contributed by atoms with Gasteiger partial charge in [-0.2, -0.15) is 13.2 Å². The molecule has 2 amide bonds. The predicted molar refractivity (Wildman–Crippen MR) is 79.8 cm³/mol. The van der Waals surface area contributed by atoms with Crippen LogP contribution in [0.3, 0.4) is 0 Å². The molecule has 0 bridgehead atoms. The van der Waals surface area contributed by atoms with E-state index in [1.807, 2.05) is 25.9 Å². The number of hydrogen-bond acceptors (Lipinski definition) is 3. The zero-order valence-corrected chi connectivity index (χ0v) is 13.8. The summed E-state index contributed by atoms with van der Waals surface area (Å²) < 4.78 is 38.0. The number of alkyl halides is 3. The van der Waals surface area contributed by atoms with Crippen LogP contribution in [-0.4, -0.2) is 85.8 Å². The van der Waals surface area contributed by atoms with E-state index in [1.165, 1.54) is 11.8 Å². The van der Waals surface area contributed by atoms with Crippen molar-refractivity contribution in [3.8, 4) is 0 Å². The zero-order chi connectivity index (χ0) is 16.9. The lowest BCUT2D eigenvalue weighted by Gasteiger charge is -2.38. The molecule has 0 aliphatic carbocycles. The summed E-state index contributed by atoms with van der Waals surface area (Å²) in [6.45, 7) is 5.13. The molecule has 1 heterocycles. The average Bonchev–Trinajstić information content (AvgIpc) is 2.43. The van der Waals surface area contributed by atoms with Gasteiger partial charge in [0.2, 0.25) is 0 Å². The van der Waals surface area contributed by atoms with Crippen LogP contribution in [-0.2, 0) is 0 Å². The molecule has 0 aromatic carbocycles. The minimum absolute atomic E-state index is 0.0435. The van der Waals surface area contributed by atoms with Gasteiger partial charge >= 0.3 is 12.2 Å². The molecule has 1 N–H and O–H groups in total. The van der Waals surface area contributed by atoms with Gasteiger partial charge in [-0.25, -0.2) is 4.79 Å². The van der Waals surface area contributed by atoms with Gasteiger partial charge in [-0.1, -0.05) is 0 Å². The third-order valence-corrected chi connectivity index (χ3v) is 4.00. The number of hydrogen-bond donors (Lipinski definition) is 1. The van der Waals surface area contributed by atoms with Crippen molar-refractivity contribution in [2.24, 2.45) is 0 Å². The van der Waals surface area contributed by atoms with E-state index in [0.717, 1.165) is 13.0 Å². The first-order valence-electron chi connectivity index (χ1n) is 7.62. The Kier molecular flexibility index (Phi) is 6.93. The van der Waals surface area contributed by atoms with Crippen molar-refractivity contribution < 1.29 is 18.0 Å². The Morgan fingerprint density at radius 2 is 1.73 bits per heavy atom. The normalized spacial score (nSPS) is 20.1. The predicted octanol–water partition coefficient (Wildman–Crippen LogP) is 1.60. The first-order valence-corrected chi connectivity index (χ1v) is 7.62. The molecule has 0 aromatic rings. The summed E-state index contributed by atoms with van der Waals surface area (Å²) >= 11 is 0. The van der Waals surface area contributed by atoms with Gasteiger partial charge in [0.1, 0.15) is 6.04 Å². The maximum atomic E-state index is 12.7. The number of piperazine rings is 1. The maximum absolute atomic E-state index is 12.7. The lowest BCUT2D eigenvalue weighted by Crippen LogP contribution is -2.57. The van der Waals surface area contributed by atoms with Crippen molar-refractivity contribution in [3.63, 3.8) is 0 Å². The summed E-state index contributed by atoms with van der Waals surface area (Å²) in [5.41, 5.74) is 0. The van der Waals surface area contributed by atoms with Gasteiger partial charge in [0.25, 0.3) is 0 Å². The Labute approximate surface area is 130 Å². The van der Waals surface area contributed by atoms with Crippen LogP contribution in [0, 0.1) is 0 Å². The van der Waals surface area contributed by atoms with Crippen molar-refractivity contribution in [1.29, 1.82) is 0 Å². The van der Waals surface area contributed by atoms with Crippen LogP contribution in [0.15, 0.2) is 0 Å². The highest BCUT2D eigenvalue weighted by atomic mass is 19.4. The molecular weight excluding hydrogens is 297 g/mol. The number of urea groups is 1. The van der Waals surface area contributed by atoms with Gasteiger partial charge in [-0.05, 0) is 40.9 Å². The highest BCUT2D eigenvalue weighted by Gasteiger charge is 2.41. The van der Waals surface area contributed by atoms with Gasteiger partial charge in [-0.3, -0.25) is 4.90 Å². The Balaban J connectivity index is 2.36. The summed E-state index contributed by atoms with van der Waals surface area (Å²) in [7, 11) is 3.94. The van der Waals surface area contributed by atoms with Crippen LogP contribution < -0.4 is 5.32 Å². The number of nitrogens with one attached hydrogen (secondary N) is 1. The number of carbonyl (C=O) groups is 1. The molecule has 1 aliphatic heterocycles. The van der Waals surface area contributed by atoms with Crippen LogP contribution in [0.1, 0.15) is 20.3 Å². The second-order valence-corrected chi connectivity index (χ2v) is 6.18. The van der Waals surface area contributed by atoms with E-state index in [4.69, 9.17) is 0 Å². The summed E-state index contributed by atoms with van der Waals surface area (Å²) in [5.74, 6) is 0. The lowest BCUT2D eigenvalue weighted by molar-refractivity contribution is -0.181. The first kappa shape index (κ1) is 19.0. The first-order chi connectivity index (χ1) is 10.1. The smallest absolute Gasteiger partial charge is 0.335 e. The fraction of sp³-hybridized carbons (Fsp3) is 0.929. The Morgan fingerprint density at radius 3 is 2.18 bits per heavy atom. The van der Waals surface area contributed by atoms with Gasteiger partial charge in [0.15, 0.2) is 0 Å².